The molecule has 0 amide bonds. The Hall–Kier alpha value is -3.81. The van der Waals surface area contributed by atoms with E-state index in [1.54, 1.807) is 30.3 Å². The van der Waals surface area contributed by atoms with Gasteiger partial charge < -0.3 is 14.2 Å². The number of hydrogen-bond donors (Lipinski definition) is 0. The van der Waals surface area contributed by atoms with Crippen molar-refractivity contribution < 1.29 is 37.0 Å². The second kappa shape index (κ2) is 16.0. The zero-order chi connectivity index (χ0) is 32.4. The molecule has 1 aliphatic rings. The van der Waals surface area contributed by atoms with Crippen molar-refractivity contribution >= 4 is 11.9 Å². The fourth-order valence-electron chi connectivity index (χ4n) is 5.34. The van der Waals surface area contributed by atoms with Gasteiger partial charge in [-0.25, -0.2) is 4.79 Å². The maximum atomic E-state index is 13.5. The van der Waals surface area contributed by atoms with Crippen LogP contribution in [-0.2, 0) is 22.4 Å². The third-order valence-corrected chi connectivity index (χ3v) is 8.43. The summed E-state index contributed by atoms with van der Waals surface area (Å²) in [5, 5.41) is 0. The number of unbranched alkanes of at least 4 members (excludes halogenated alkanes) is 3. The Morgan fingerprint density at radius 3 is 2.18 bits per heavy atom. The largest absolute Gasteiger partial charge is 0.493 e. The molecule has 242 valence electrons. The Morgan fingerprint density at radius 1 is 0.867 bits per heavy atom. The number of ether oxygens (including phenoxy) is 3. The van der Waals surface area contributed by atoms with Crippen LogP contribution in [0.3, 0.4) is 0 Å². The second-order valence-corrected chi connectivity index (χ2v) is 12.0. The van der Waals surface area contributed by atoms with Crippen LogP contribution < -0.4 is 9.47 Å². The number of esters is 2. The fourth-order valence-corrected chi connectivity index (χ4v) is 5.34. The number of halogens is 3. The van der Waals surface area contributed by atoms with E-state index in [1.165, 1.54) is 0 Å². The maximum absolute atomic E-state index is 13.5. The van der Waals surface area contributed by atoms with Gasteiger partial charge in [0.15, 0.2) is 6.10 Å². The lowest BCUT2D eigenvalue weighted by Gasteiger charge is -2.27. The lowest BCUT2D eigenvalue weighted by Crippen LogP contribution is -2.37. The maximum Gasteiger partial charge on any atom is 0.425 e. The molecule has 0 heterocycles. The van der Waals surface area contributed by atoms with Crippen LogP contribution >= 0.6 is 0 Å². The molecule has 1 aliphatic carbocycles. The van der Waals surface area contributed by atoms with Crippen LogP contribution in [0.25, 0.3) is 11.1 Å². The summed E-state index contributed by atoms with van der Waals surface area (Å²) in [5.41, 5.74) is 4.11. The van der Waals surface area contributed by atoms with Gasteiger partial charge in [-0.3, -0.25) is 4.79 Å². The highest BCUT2D eigenvalue weighted by Gasteiger charge is 2.43. The first-order valence-corrected chi connectivity index (χ1v) is 16.0. The number of fused-ring (bicyclic) bond motifs is 1. The molecule has 0 spiro atoms. The molecule has 0 aromatic heterocycles. The SMILES string of the molecule is CCCCCC[C@@H](OC(=O)C1CCc2cc(OC(=O)c3ccc(-c4ccc(OC[C@@H](C)CC)cc4)cc3)ccc2C1)C(F)(F)F. The molecule has 45 heavy (non-hydrogen) atoms. The van der Waals surface area contributed by atoms with Gasteiger partial charge in [-0.2, -0.15) is 13.2 Å². The van der Waals surface area contributed by atoms with Crippen LogP contribution in [0.5, 0.6) is 11.5 Å². The average molecular weight is 625 g/mol. The molecule has 0 bridgehead atoms. The van der Waals surface area contributed by atoms with Crippen LogP contribution in [0, 0.1) is 11.8 Å². The first-order chi connectivity index (χ1) is 21.6. The zero-order valence-corrected chi connectivity index (χ0v) is 26.3. The molecule has 5 nitrogen and oxygen atoms in total. The van der Waals surface area contributed by atoms with E-state index in [4.69, 9.17) is 14.2 Å². The van der Waals surface area contributed by atoms with Gasteiger partial charge in [0.1, 0.15) is 11.5 Å². The first-order valence-electron chi connectivity index (χ1n) is 16.0. The highest BCUT2D eigenvalue weighted by atomic mass is 19.4. The predicted molar refractivity (Wildman–Crippen MR) is 168 cm³/mol. The number of benzene rings is 3. The van der Waals surface area contributed by atoms with Gasteiger partial charge in [-0.05, 0) is 96.7 Å². The minimum absolute atomic E-state index is 0.211. The summed E-state index contributed by atoms with van der Waals surface area (Å²) < 4.78 is 57.0. The van der Waals surface area contributed by atoms with Crippen LogP contribution in [0.15, 0.2) is 66.7 Å². The standard InChI is InChI=1S/C37H43F3O5/c1-4-6-7-8-9-34(37(38,39)40)45-36(42)31-15-14-30-23-33(21-18-29(30)22-31)44-35(41)28-12-10-26(11-13-28)27-16-19-32(20-17-27)43-24-25(3)5-2/h10-13,16-21,23,25,31,34H,4-9,14-15,22,24H2,1-3H3/t25-,31?,34+/m0/s1. The van der Waals surface area contributed by atoms with Gasteiger partial charge in [0.05, 0.1) is 18.1 Å². The minimum atomic E-state index is -4.58. The van der Waals surface area contributed by atoms with Crippen LogP contribution in [-0.4, -0.2) is 30.8 Å². The van der Waals surface area contributed by atoms with Crippen LogP contribution in [0.1, 0.15) is 87.2 Å². The lowest BCUT2D eigenvalue weighted by molar-refractivity contribution is -0.225. The number of aryl methyl sites for hydroxylation is 1. The monoisotopic (exact) mass is 624 g/mol. The molecule has 0 radical (unpaired) electrons. The van der Waals surface area contributed by atoms with Gasteiger partial charge >= 0.3 is 18.1 Å². The summed E-state index contributed by atoms with van der Waals surface area (Å²) in [5.74, 6) is -0.246. The molecule has 0 N–H and O–H groups in total. The van der Waals surface area contributed by atoms with Crippen molar-refractivity contribution in [1.82, 2.24) is 0 Å². The molecule has 3 atom stereocenters. The Kier molecular flexibility index (Phi) is 12.1. The normalized spacial score (nSPS) is 15.9. The van der Waals surface area contributed by atoms with E-state index in [0.717, 1.165) is 47.3 Å². The molecule has 4 rings (SSSR count). The van der Waals surface area contributed by atoms with E-state index in [2.05, 4.69) is 13.8 Å². The van der Waals surface area contributed by atoms with Crippen molar-refractivity contribution in [2.45, 2.75) is 90.8 Å². The number of alkyl halides is 3. The Labute approximate surface area is 264 Å². The van der Waals surface area contributed by atoms with Gasteiger partial charge in [0, 0.05) is 0 Å². The zero-order valence-electron chi connectivity index (χ0n) is 26.3. The molecule has 0 saturated carbocycles. The second-order valence-electron chi connectivity index (χ2n) is 12.0. The molecular formula is C37H43F3O5. The van der Waals surface area contributed by atoms with Gasteiger partial charge in [-0.1, -0.05) is 76.8 Å². The summed E-state index contributed by atoms with van der Waals surface area (Å²) in [4.78, 5) is 25.6. The van der Waals surface area contributed by atoms with E-state index in [9.17, 15) is 22.8 Å². The molecule has 8 heteroatoms. The third-order valence-electron chi connectivity index (χ3n) is 8.43. The highest BCUT2D eigenvalue weighted by molar-refractivity contribution is 5.91. The summed E-state index contributed by atoms with van der Waals surface area (Å²) in [6.07, 6.45) is -1.85. The van der Waals surface area contributed by atoms with Gasteiger partial charge in [0.25, 0.3) is 0 Å². The van der Waals surface area contributed by atoms with E-state index < -0.39 is 30.1 Å². The molecule has 1 unspecified atom stereocenters. The van der Waals surface area contributed by atoms with Crippen molar-refractivity contribution in [3.63, 3.8) is 0 Å². The average Bonchev–Trinajstić information content (AvgIpc) is 3.04. The lowest BCUT2D eigenvalue weighted by atomic mass is 9.84. The van der Waals surface area contributed by atoms with Crippen molar-refractivity contribution in [3.8, 4) is 22.6 Å². The smallest absolute Gasteiger partial charge is 0.425 e. The van der Waals surface area contributed by atoms with E-state index >= 15 is 0 Å². The molecule has 0 aliphatic heterocycles. The van der Waals surface area contributed by atoms with E-state index in [1.807, 2.05) is 43.3 Å². The summed E-state index contributed by atoms with van der Waals surface area (Å²) in [6.45, 7) is 6.95. The molecule has 3 aromatic carbocycles. The minimum Gasteiger partial charge on any atom is -0.493 e. The summed E-state index contributed by atoms with van der Waals surface area (Å²) >= 11 is 0. The van der Waals surface area contributed by atoms with Crippen molar-refractivity contribution in [2.75, 3.05) is 6.61 Å². The highest BCUT2D eigenvalue weighted by Crippen LogP contribution is 2.33. The van der Waals surface area contributed by atoms with Gasteiger partial charge in [-0.15, -0.1) is 0 Å². The van der Waals surface area contributed by atoms with Gasteiger partial charge in [0.2, 0.25) is 0 Å². The van der Waals surface area contributed by atoms with E-state index in [-0.39, 0.29) is 12.8 Å². The fraction of sp³-hybridized carbons (Fsp3) is 0.459. The number of carbonyl (C=O) groups is 2. The van der Waals surface area contributed by atoms with Crippen LogP contribution in [0.4, 0.5) is 13.2 Å². The Balaban J connectivity index is 1.31. The van der Waals surface area contributed by atoms with Crippen LogP contribution in [0.2, 0.25) is 0 Å². The number of rotatable bonds is 14. The van der Waals surface area contributed by atoms with E-state index in [0.29, 0.717) is 49.5 Å². The Bertz CT molecular complexity index is 1400. The van der Waals surface area contributed by atoms with Crippen molar-refractivity contribution in [1.29, 1.82) is 0 Å². The van der Waals surface area contributed by atoms with Crippen molar-refractivity contribution in [2.24, 2.45) is 11.8 Å². The molecule has 3 aromatic rings. The molecule has 0 fully saturated rings. The van der Waals surface area contributed by atoms with Crippen molar-refractivity contribution in [3.05, 3.63) is 83.4 Å². The third kappa shape index (κ3) is 9.84. The first kappa shape index (κ1) is 34.1. The predicted octanol–water partition coefficient (Wildman–Crippen LogP) is 9.55. The summed E-state index contributed by atoms with van der Waals surface area (Å²) in [7, 11) is 0. The topological polar surface area (TPSA) is 61.8 Å². The molecular weight excluding hydrogens is 581 g/mol. The molecule has 0 saturated heterocycles. The summed E-state index contributed by atoms with van der Waals surface area (Å²) in [6, 6.07) is 20.2. The number of hydrogen-bond acceptors (Lipinski definition) is 5. The quantitative estimate of drug-likeness (QED) is 0.102. The Morgan fingerprint density at radius 2 is 1.53 bits per heavy atom. The number of carbonyl (C=O) groups excluding carboxylic acids is 2.